The van der Waals surface area contributed by atoms with Crippen LogP contribution >= 0.6 is 11.3 Å². The Morgan fingerprint density at radius 3 is 2.92 bits per heavy atom. The highest BCUT2D eigenvalue weighted by Crippen LogP contribution is 2.25. The van der Waals surface area contributed by atoms with Gasteiger partial charge < -0.3 is 10.6 Å². The maximum absolute atomic E-state index is 4.63. The van der Waals surface area contributed by atoms with Gasteiger partial charge in [0.15, 0.2) is 22.8 Å². The van der Waals surface area contributed by atoms with Gasteiger partial charge in [-0.1, -0.05) is 6.92 Å². The van der Waals surface area contributed by atoms with E-state index in [1.165, 1.54) is 0 Å². The molecule has 4 aromatic heterocycles. The highest BCUT2D eigenvalue weighted by molar-refractivity contribution is 7.08. The SMILES string of the molecule is CCCNc1nc(Nc2cnccn2)nc2c1ncn2-c1ccsc1. The van der Waals surface area contributed by atoms with Crippen molar-refractivity contribution < 1.29 is 0 Å². The topological polar surface area (TPSA) is 93.4 Å². The predicted molar refractivity (Wildman–Crippen MR) is 98.6 cm³/mol. The van der Waals surface area contributed by atoms with Crippen molar-refractivity contribution in [2.45, 2.75) is 13.3 Å². The summed E-state index contributed by atoms with van der Waals surface area (Å²) in [7, 11) is 0. The largest absolute Gasteiger partial charge is 0.368 e. The highest BCUT2D eigenvalue weighted by atomic mass is 32.1. The summed E-state index contributed by atoms with van der Waals surface area (Å²) in [5.41, 5.74) is 2.50. The number of thiophene rings is 1. The first kappa shape index (κ1) is 15.5. The van der Waals surface area contributed by atoms with Crippen LogP contribution in [0, 0.1) is 0 Å². The summed E-state index contributed by atoms with van der Waals surface area (Å²) in [5.74, 6) is 1.74. The van der Waals surface area contributed by atoms with Crippen LogP contribution in [0.5, 0.6) is 0 Å². The second-order valence-electron chi connectivity index (χ2n) is 5.31. The number of hydrogen-bond acceptors (Lipinski definition) is 8. The fourth-order valence-electron chi connectivity index (χ4n) is 2.38. The van der Waals surface area contributed by atoms with E-state index in [0.29, 0.717) is 17.6 Å². The number of hydrogen-bond donors (Lipinski definition) is 2. The Bertz CT molecular complexity index is 965. The number of fused-ring (bicyclic) bond motifs is 1. The molecule has 0 aromatic carbocycles. The van der Waals surface area contributed by atoms with E-state index < -0.39 is 0 Å². The summed E-state index contributed by atoms with van der Waals surface area (Å²) >= 11 is 1.63. The second-order valence-corrected chi connectivity index (χ2v) is 6.09. The van der Waals surface area contributed by atoms with Crippen molar-refractivity contribution in [1.29, 1.82) is 0 Å². The molecule has 25 heavy (non-hydrogen) atoms. The molecular formula is C16H16N8S. The summed E-state index contributed by atoms with van der Waals surface area (Å²) in [5, 5.41) is 10.5. The van der Waals surface area contributed by atoms with Crippen molar-refractivity contribution >= 4 is 40.1 Å². The minimum Gasteiger partial charge on any atom is -0.368 e. The highest BCUT2D eigenvalue weighted by Gasteiger charge is 2.14. The number of aromatic nitrogens is 6. The standard InChI is InChI=1S/C16H16N8S/c1-2-4-19-14-13-15(24(10-20-13)11-3-7-25-9-11)23-16(22-14)21-12-8-17-5-6-18-12/h3,5-10H,2,4H2,1H3,(H2,18,19,21,22,23). The van der Waals surface area contributed by atoms with Gasteiger partial charge in [-0.3, -0.25) is 9.55 Å². The molecule has 0 saturated heterocycles. The maximum atomic E-state index is 4.63. The van der Waals surface area contributed by atoms with Gasteiger partial charge in [0, 0.05) is 24.3 Å². The molecule has 0 aliphatic heterocycles. The molecule has 0 fully saturated rings. The fourth-order valence-corrected chi connectivity index (χ4v) is 3.01. The Morgan fingerprint density at radius 2 is 2.16 bits per heavy atom. The van der Waals surface area contributed by atoms with E-state index in [9.17, 15) is 0 Å². The lowest BCUT2D eigenvalue weighted by molar-refractivity contribution is 0.968. The first-order chi connectivity index (χ1) is 12.3. The van der Waals surface area contributed by atoms with Gasteiger partial charge in [0.1, 0.15) is 6.33 Å². The molecule has 0 unspecified atom stereocenters. The quantitative estimate of drug-likeness (QED) is 0.550. The third kappa shape index (κ3) is 3.13. The van der Waals surface area contributed by atoms with Crippen molar-refractivity contribution in [2.75, 3.05) is 17.2 Å². The zero-order valence-electron chi connectivity index (χ0n) is 13.5. The van der Waals surface area contributed by atoms with Gasteiger partial charge in [0.2, 0.25) is 5.95 Å². The molecule has 0 saturated carbocycles. The van der Waals surface area contributed by atoms with Crippen molar-refractivity contribution in [3.63, 3.8) is 0 Å². The van der Waals surface area contributed by atoms with E-state index in [2.05, 4.69) is 47.9 Å². The van der Waals surface area contributed by atoms with E-state index >= 15 is 0 Å². The van der Waals surface area contributed by atoms with Gasteiger partial charge in [0.05, 0.1) is 11.9 Å². The minimum absolute atomic E-state index is 0.448. The van der Waals surface area contributed by atoms with E-state index in [1.807, 2.05) is 16.0 Å². The van der Waals surface area contributed by atoms with Crippen molar-refractivity contribution in [1.82, 2.24) is 29.5 Å². The Balaban J connectivity index is 1.81. The third-order valence-corrected chi connectivity index (χ3v) is 4.20. The normalized spacial score (nSPS) is 10.9. The summed E-state index contributed by atoms with van der Waals surface area (Å²) in [6.45, 7) is 2.91. The van der Waals surface area contributed by atoms with Gasteiger partial charge in [-0.2, -0.15) is 21.3 Å². The zero-order chi connectivity index (χ0) is 17.1. The Labute approximate surface area is 148 Å². The third-order valence-electron chi connectivity index (χ3n) is 3.53. The van der Waals surface area contributed by atoms with Crippen LogP contribution in [0.2, 0.25) is 0 Å². The molecule has 0 aliphatic carbocycles. The van der Waals surface area contributed by atoms with Crippen molar-refractivity contribution in [3.05, 3.63) is 41.7 Å². The van der Waals surface area contributed by atoms with Crippen molar-refractivity contribution in [2.24, 2.45) is 0 Å². The van der Waals surface area contributed by atoms with Crippen molar-refractivity contribution in [3.8, 4) is 5.69 Å². The lowest BCUT2D eigenvalue weighted by Gasteiger charge is -2.09. The second kappa shape index (κ2) is 6.81. The summed E-state index contributed by atoms with van der Waals surface area (Å²) in [6.07, 6.45) is 7.62. The van der Waals surface area contributed by atoms with E-state index in [4.69, 9.17) is 0 Å². The molecule has 4 heterocycles. The molecule has 2 N–H and O–H groups in total. The van der Waals surface area contributed by atoms with Gasteiger partial charge in [-0.15, -0.1) is 0 Å². The maximum Gasteiger partial charge on any atom is 0.232 e. The van der Waals surface area contributed by atoms with Crippen LogP contribution in [0.4, 0.5) is 17.6 Å². The molecule has 0 bridgehead atoms. The predicted octanol–water partition coefficient (Wildman–Crippen LogP) is 3.23. The van der Waals surface area contributed by atoms with Gasteiger partial charge in [-0.05, 0) is 17.9 Å². The average molecular weight is 352 g/mol. The monoisotopic (exact) mass is 352 g/mol. The first-order valence-electron chi connectivity index (χ1n) is 7.89. The number of anilines is 3. The number of nitrogens with zero attached hydrogens (tertiary/aromatic N) is 6. The molecule has 0 atom stereocenters. The summed E-state index contributed by atoms with van der Waals surface area (Å²) in [6, 6.07) is 2.03. The van der Waals surface area contributed by atoms with Crippen LogP contribution < -0.4 is 10.6 Å². The van der Waals surface area contributed by atoms with E-state index in [1.54, 1.807) is 36.3 Å². The molecule has 126 valence electrons. The molecule has 0 spiro atoms. The number of nitrogens with one attached hydrogen (secondary N) is 2. The Kier molecular flexibility index (Phi) is 4.21. The fraction of sp³-hybridized carbons (Fsp3) is 0.188. The lowest BCUT2D eigenvalue weighted by Crippen LogP contribution is -2.07. The molecular weight excluding hydrogens is 336 g/mol. The minimum atomic E-state index is 0.448. The van der Waals surface area contributed by atoms with E-state index in [-0.39, 0.29) is 0 Å². The first-order valence-corrected chi connectivity index (χ1v) is 8.84. The number of imidazole rings is 1. The summed E-state index contributed by atoms with van der Waals surface area (Å²) < 4.78 is 1.95. The molecule has 0 radical (unpaired) electrons. The smallest absolute Gasteiger partial charge is 0.232 e. The van der Waals surface area contributed by atoms with Crippen LogP contribution in [-0.4, -0.2) is 36.0 Å². The molecule has 4 rings (SSSR count). The molecule has 0 aliphatic rings. The van der Waals surface area contributed by atoms with Gasteiger partial charge in [-0.25, -0.2) is 9.97 Å². The Hall–Kier alpha value is -3.07. The average Bonchev–Trinajstić information content (AvgIpc) is 3.29. The number of rotatable bonds is 6. The summed E-state index contributed by atoms with van der Waals surface area (Å²) in [4.78, 5) is 21.9. The van der Waals surface area contributed by atoms with Gasteiger partial charge in [0.25, 0.3) is 0 Å². The Morgan fingerprint density at radius 1 is 1.20 bits per heavy atom. The van der Waals surface area contributed by atoms with Crippen LogP contribution in [0.25, 0.3) is 16.9 Å². The van der Waals surface area contributed by atoms with Crippen LogP contribution in [-0.2, 0) is 0 Å². The molecule has 4 aromatic rings. The zero-order valence-corrected chi connectivity index (χ0v) is 14.4. The van der Waals surface area contributed by atoms with E-state index in [0.717, 1.165) is 29.8 Å². The molecule has 9 heteroatoms. The molecule has 8 nitrogen and oxygen atoms in total. The van der Waals surface area contributed by atoms with Crippen LogP contribution in [0.15, 0.2) is 41.7 Å². The molecule has 0 amide bonds. The van der Waals surface area contributed by atoms with Gasteiger partial charge >= 0.3 is 0 Å². The lowest BCUT2D eigenvalue weighted by atomic mass is 10.4. The van der Waals surface area contributed by atoms with Crippen LogP contribution in [0.3, 0.4) is 0 Å². The van der Waals surface area contributed by atoms with Crippen LogP contribution in [0.1, 0.15) is 13.3 Å².